The average molecular weight is 128 g/mol. The highest BCUT2D eigenvalue weighted by Crippen LogP contribution is 1.89. The summed E-state index contributed by atoms with van der Waals surface area (Å²) in [5.74, 6) is -1.32. The van der Waals surface area contributed by atoms with Gasteiger partial charge in [0.15, 0.2) is 0 Å². The second kappa shape index (κ2) is 3.71. The Morgan fingerprint density at radius 3 is 2.56 bits per heavy atom. The lowest BCUT2D eigenvalue weighted by atomic mass is 10.1. The number of hydrogen-bond donors (Lipinski definition) is 3. The first kappa shape index (κ1) is 7.74. The number of nitrogens with zero attached hydrogens (tertiary/aromatic N) is 1. The van der Waals surface area contributed by atoms with E-state index in [-0.39, 0.29) is 6.54 Å². The smallest absolute Gasteiger partial charge is 0.227 e. The molecule has 0 aromatic rings. The molecule has 0 aromatic heterocycles. The zero-order valence-electron chi connectivity index (χ0n) is 4.79. The van der Waals surface area contributed by atoms with Gasteiger partial charge < -0.3 is 11.1 Å². The molecule has 4 N–H and O–H groups in total. The number of primary amides is 1. The summed E-state index contributed by atoms with van der Waals surface area (Å²) >= 11 is 0. The Kier molecular flexibility index (Phi) is 3.19. The second-order valence-corrected chi connectivity index (χ2v) is 1.52. The molecule has 0 rings (SSSR count). The van der Waals surface area contributed by atoms with E-state index in [9.17, 15) is 4.79 Å². The van der Waals surface area contributed by atoms with Crippen molar-refractivity contribution >= 4 is 12.1 Å². The Labute approximate surface area is 52.3 Å². The zero-order chi connectivity index (χ0) is 7.28. The quantitative estimate of drug-likeness (QED) is 0.353. The highest BCUT2D eigenvalue weighted by molar-refractivity contribution is 5.91. The summed E-state index contributed by atoms with van der Waals surface area (Å²) in [5.41, 5.74) is 11.1. The lowest BCUT2D eigenvalue weighted by Gasteiger charge is -1.98. The summed E-state index contributed by atoms with van der Waals surface area (Å²) in [7, 11) is 0. The third kappa shape index (κ3) is 2.53. The monoisotopic (exact) mass is 128 g/mol. The van der Waals surface area contributed by atoms with Crippen LogP contribution in [0, 0.1) is 16.9 Å². The highest BCUT2D eigenvalue weighted by atomic mass is 16.1. The fourth-order valence-corrected chi connectivity index (χ4v) is 0.323. The molecule has 1 atom stereocenters. The lowest BCUT2D eigenvalue weighted by Crippen LogP contribution is -2.26. The largest absolute Gasteiger partial charge is 0.369 e. The molecule has 0 aliphatic heterocycles. The molecular weight excluding hydrogens is 120 g/mol. The van der Waals surface area contributed by atoms with Gasteiger partial charge >= 0.3 is 0 Å². The number of carbonyl (C=O) groups excluding carboxylic acids is 1. The Morgan fingerprint density at radius 2 is 2.44 bits per heavy atom. The molecule has 0 saturated carbocycles. The number of nitrogens with two attached hydrogens (primary N) is 1. The summed E-state index contributed by atoms with van der Waals surface area (Å²) in [6.45, 7) is -0.0150. The summed E-state index contributed by atoms with van der Waals surface area (Å²) in [6.07, 6.45) is 0.889. The van der Waals surface area contributed by atoms with E-state index in [1.165, 1.54) is 0 Å². The first-order chi connectivity index (χ1) is 4.22. The number of amides is 1. The van der Waals surface area contributed by atoms with Crippen LogP contribution in [-0.2, 0) is 4.79 Å². The van der Waals surface area contributed by atoms with Crippen LogP contribution in [0.25, 0.3) is 0 Å². The minimum atomic E-state index is -0.706. The van der Waals surface area contributed by atoms with Crippen molar-refractivity contribution in [3.63, 3.8) is 0 Å². The molecule has 0 fully saturated rings. The number of rotatable bonds is 4. The molecule has 50 valence electrons. The van der Waals surface area contributed by atoms with E-state index in [0.717, 1.165) is 6.21 Å². The Hall–Kier alpha value is -1.26. The lowest BCUT2D eigenvalue weighted by molar-refractivity contribution is -0.119. The Bertz CT molecular complexity index is 133. The summed E-state index contributed by atoms with van der Waals surface area (Å²) in [4.78, 5) is 10.2. The third-order valence-electron chi connectivity index (χ3n) is 0.855. The maximum atomic E-state index is 10.2. The van der Waals surface area contributed by atoms with E-state index in [1.54, 1.807) is 0 Å². The second-order valence-electron chi connectivity index (χ2n) is 1.52. The van der Waals surface area contributed by atoms with Crippen LogP contribution in [0.5, 0.6) is 0 Å². The molecule has 0 aliphatic rings. The van der Waals surface area contributed by atoms with Crippen molar-refractivity contribution in [2.24, 2.45) is 16.8 Å². The average Bonchev–Trinajstić information content (AvgIpc) is 1.82. The molecule has 0 aliphatic carbocycles. The van der Waals surface area contributed by atoms with Gasteiger partial charge in [-0.25, -0.2) is 5.53 Å². The van der Waals surface area contributed by atoms with Crippen LogP contribution < -0.4 is 5.73 Å². The fourth-order valence-electron chi connectivity index (χ4n) is 0.323. The maximum absolute atomic E-state index is 10.2. The predicted octanol–water partition coefficient (Wildman–Crippen LogP) is -0.232. The van der Waals surface area contributed by atoms with E-state index >= 15 is 0 Å². The van der Waals surface area contributed by atoms with Crippen molar-refractivity contribution in [2.75, 3.05) is 6.54 Å². The van der Waals surface area contributed by atoms with Gasteiger partial charge in [-0.15, -0.1) is 0 Å². The molecule has 0 aromatic carbocycles. The topological polar surface area (TPSA) is 103 Å². The van der Waals surface area contributed by atoms with E-state index in [1.807, 2.05) is 0 Å². The van der Waals surface area contributed by atoms with Crippen molar-refractivity contribution < 1.29 is 4.79 Å². The summed E-state index contributed by atoms with van der Waals surface area (Å²) in [6, 6.07) is 0. The van der Waals surface area contributed by atoms with Crippen LogP contribution in [-0.4, -0.2) is 18.7 Å². The van der Waals surface area contributed by atoms with Gasteiger partial charge in [-0.3, -0.25) is 4.79 Å². The zero-order valence-corrected chi connectivity index (χ0v) is 4.79. The van der Waals surface area contributed by atoms with Gasteiger partial charge in [0.25, 0.3) is 0 Å². The van der Waals surface area contributed by atoms with Crippen LogP contribution in [0.3, 0.4) is 0 Å². The van der Waals surface area contributed by atoms with Gasteiger partial charge in [-0.05, 0) is 0 Å². The van der Waals surface area contributed by atoms with E-state index < -0.39 is 11.8 Å². The van der Waals surface area contributed by atoms with E-state index in [4.69, 9.17) is 16.7 Å². The molecule has 5 nitrogen and oxygen atoms in total. The molecule has 1 amide bonds. The predicted molar refractivity (Wildman–Crippen MR) is 31.5 cm³/mol. The normalized spacial score (nSPS) is 12.0. The Morgan fingerprint density at radius 1 is 1.89 bits per heavy atom. The van der Waals surface area contributed by atoms with Gasteiger partial charge in [0.1, 0.15) is 0 Å². The first-order valence-electron chi connectivity index (χ1n) is 2.35. The van der Waals surface area contributed by atoms with Gasteiger partial charge in [0, 0.05) is 6.21 Å². The molecule has 0 bridgehead atoms. The van der Waals surface area contributed by atoms with E-state index in [0.29, 0.717) is 0 Å². The van der Waals surface area contributed by atoms with E-state index in [2.05, 4.69) is 5.11 Å². The summed E-state index contributed by atoms with van der Waals surface area (Å²) in [5, 5.41) is 9.55. The standard InChI is InChI=1S/C4H8N4O/c5-1-3(2-8-7)4(6)9/h1,3,5,7H,2H2,(H2,6,9). The van der Waals surface area contributed by atoms with Crippen molar-refractivity contribution in [1.82, 2.24) is 0 Å². The highest BCUT2D eigenvalue weighted by Gasteiger charge is 2.09. The van der Waals surface area contributed by atoms with Gasteiger partial charge in [-0.1, -0.05) is 0 Å². The molecule has 0 spiro atoms. The van der Waals surface area contributed by atoms with Crippen molar-refractivity contribution in [3.05, 3.63) is 0 Å². The number of carbonyl (C=O) groups is 1. The SMILES string of the molecule is N=CC(CN=N)C(N)=O. The minimum absolute atomic E-state index is 0.0150. The number of hydrogen-bond acceptors (Lipinski definition) is 4. The van der Waals surface area contributed by atoms with Crippen molar-refractivity contribution in [3.8, 4) is 0 Å². The first-order valence-corrected chi connectivity index (χ1v) is 2.35. The van der Waals surface area contributed by atoms with Crippen LogP contribution in [0.4, 0.5) is 0 Å². The third-order valence-corrected chi connectivity index (χ3v) is 0.855. The van der Waals surface area contributed by atoms with Crippen molar-refractivity contribution in [2.45, 2.75) is 0 Å². The van der Waals surface area contributed by atoms with Crippen LogP contribution in [0.15, 0.2) is 5.11 Å². The molecule has 0 heterocycles. The molecule has 0 radical (unpaired) electrons. The van der Waals surface area contributed by atoms with Crippen LogP contribution >= 0.6 is 0 Å². The fraction of sp³-hybridized carbons (Fsp3) is 0.500. The van der Waals surface area contributed by atoms with Gasteiger partial charge in [-0.2, -0.15) is 5.11 Å². The summed E-state index contributed by atoms with van der Waals surface area (Å²) < 4.78 is 0. The maximum Gasteiger partial charge on any atom is 0.227 e. The number of nitrogens with one attached hydrogen (secondary N) is 2. The van der Waals surface area contributed by atoms with Gasteiger partial charge in [0.2, 0.25) is 5.91 Å². The van der Waals surface area contributed by atoms with Crippen LogP contribution in [0.1, 0.15) is 0 Å². The molecule has 5 heteroatoms. The van der Waals surface area contributed by atoms with Crippen LogP contribution in [0.2, 0.25) is 0 Å². The molecule has 9 heavy (non-hydrogen) atoms. The molecule has 0 saturated heterocycles. The van der Waals surface area contributed by atoms with Gasteiger partial charge in [0.05, 0.1) is 12.5 Å². The van der Waals surface area contributed by atoms with Crippen molar-refractivity contribution in [1.29, 1.82) is 10.9 Å². The minimum Gasteiger partial charge on any atom is -0.369 e. The molecule has 1 unspecified atom stereocenters. The Balaban J connectivity index is 3.81. The molecular formula is C4H8N4O.